The predicted octanol–water partition coefficient (Wildman–Crippen LogP) is 1.21. The van der Waals surface area contributed by atoms with Crippen LogP contribution < -0.4 is 5.73 Å². The van der Waals surface area contributed by atoms with Crippen molar-refractivity contribution in [3.8, 4) is 0 Å². The van der Waals surface area contributed by atoms with Crippen LogP contribution in [0.2, 0.25) is 0 Å². The van der Waals surface area contributed by atoms with E-state index >= 15 is 0 Å². The second-order valence-corrected chi connectivity index (χ2v) is 4.53. The number of hydrogen-bond donors (Lipinski definition) is 1. The van der Waals surface area contributed by atoms with Crippen molar-refractivity contribution in [2.24, 2.45) is 11.7 Å². The Kier molecular flexibility index (Phi) is 2.13. The van der Waals surface area contributed by atoms with Crippen molar-refractivity contribution in [3.05, 3.63) is 0 Å². The molecule has 0 aromatic heterocycles. The summed E-state index contributed by atoms with van der Waals surface area (Å²) >= 11 is 0. The molecule has 2 N–H and O–H groups in total. The topological polar surface area (TPSA) is 29.3 Å². The predicted molar refractivity (Wildman–Crippen MR) is 51.0 cm³/mol. The average molecular weight is 168 g/mol. The molecule has 2 nitrogen and oxygen atoms in total. The first-order valence-electron chi connectivity index (χ1n) is 5.26. The van der Waals surface area contributed by atoms with Crippen molar-refractivity contribution in [1.82, 2.24) is 4.90 Å². The maximum atomic E-state index is 6.41. The first-order chi connectivity index (χ1) is 5.74. The average Bonchev–Trinajstić information content (AvgIpc) is 2.05. The third kappa shape index (κ3) is 1.27. The number of nitrogens with two attached hydrogens (primary N) is 1. The second kappa shape index (κ2) is 3.00. The lowest BCUT2D eigenvalue weighted by atomic mass is 9.71. The molecule has 3 fully saturated rings. The van der Waals surface area contributed by atoms with Crippen LogP contribution in [0.4, 0.5) is 0 Å². The van der Waals surface area contributed by atoms with Gasteiger partial charge in [-0.2, -0.15) is 0 Å². The zero-order valence-corrected chi connectivity index (χ0v) is 8.05. The highest BCUT2D eigenvalue weighted by atomic mass is 15.2. The molecule has 3 aliphatic heterocycles. The number of piperidine rings is 3. The fourth-order valence-corrected chi connectivity index (χ4v) is 2.96. The van der Waals surface area contributed by atoms with Crippen LogP contribution in [-0.2, 0) is 0 Å². The molecular formula is C10H20N2. The monoisotopic (exact) mass is 168 g/mol. The quantitative estimate of drug-likeness (QED) is 0.671. The molecule has 3 heterocycles. The molecule has 2 bridgehead atoms. The normalized spacial score (nSPS) is 46.5. The highest BCUT2D eigenvalue weighted by Gasteiger charge is 2.42. The zero-order chi connectivity index (χ0) is 8.60. The standard InChI is InChI=1S/C10H20N2/c1-2-5-10(11)8-12-6-3-9(10)4-7-12/h9H,2-8,11H2,1H3. The molecule has 0 aromatic carbocycles. The molecule has 2 heteroatoms. The Morgan fingerprint density at radius 1 is 1.42 bits per heavy atom. The van der Waals surface area contributed by atoms with Gasteiger partial charge in [0.05, 0.1) is 0 Å². The van der Waals surface area contributed by atoms with E-state index in [1.807, 2.05) is 0 Å². The maximum Gasteiger partial charge on any atom is 0.0312 e. The fraction of sp³-hybridized carbons (Fsp3) is 1.00. The minimum atomic E-state index is 0.172. The van der Waals surface area contributed by atoms with E-state index in [0.717, 1.165) is 12.5 Å². The fourth-order valence-electron chi connectivity index (χ4n) is 2.96. The van der Waals surface area contributed by atoms with Crippen molar-refractivity contribution >= 4 is 0 Å². The molecule has 0 aliphatic carbocycles. The number of hydrogen-bond acceptors (Lipinski definition) is 2. The summed E-state index contributed by atoms with van der Waals surface area (Å²) in [5, 5.41) is 0. The lowest BCUT2D eigenvalue weighted by Crippen LogP contribution is -2.63. The Morgan fingerprint density at radius 3 is 2.50 bits per heavy atom. The lowest BCUT2D eigenvalue weighted by Gasteiger charge is -2.51. The van der Waals surface area contributed by atoms with Crippen LogP contribution in [0, 0.1) is 5.92 Å². The van der Waals surface area contributed by atoms with Crippen molar-refractivity contribution in [1.29, 1.82) is 0 Å². The summed E-state index contributed by atoms with van der Waals surface area (Å²) < 4.78 is 0. The van der Waals surface area contributed by atoms with Gasteiger partial charge in [0.25, 0.3) is 0 Å². The van der Waals surface area contributed by atoms with E-state index in [1.165, 1.54) is 38.8 Å². The molecule has 3 saturated heterocycles. The van der Waals surface area contributed by atoms with E-state index in [2.05, 4.69) is 11.8 Å². The number of rotatable bonds is 2. The molecule has 0 amide bonds. The van der Waals surface area contributed by atoms with Gasteiger partial charge in [-0.3, -0.25) is 0 Å². The van der Waals surface area contributed by atoms with Crippen LogP contribution in [0.1, 0.15) is 32.6 Å². The van der Waals surface area contributed by atoms with E-state index in [9.17, 15) is 0 Å². The molecule has 0 spiro atoms. The van der Waals surface area contributed by atoms with Gasteiger partial charge in [0, 0.05) is 12.1 Å². The van der Waals surface area contributed by atoms with Crippen LogP contribution in [0.15, 0.2) is 0 Å². The summed E-state index contributed by atoms with van der Waals surface area (Å²) in [7, 11) is 0. The Balaban J connectivity index is 2.06. The largest absolute Gasteiger partial charge is 0.324 e. The first kappa shape index (κ1) is 8.52. The Morgan fingerprint density at radius 2 is 2.08 bits per heavy atom. The van der Waals surface area contributed by atoms with Gasteiger partial charge in [-0.25, -0.2) is 0 Å². The van der Waals surface area contributed by atoms with E-state index in [0.29, 0.717) is 0 Å². The van der Waals surface area contributed by atoms with E-state index in [-0.39, 0.29) is 5.54 Å². The number of nitrogens with zero attached hydrogens (tertiary/aromatic N) is 1. The van der Waals surface area contributed by atoms with E-state index < -0.39 is 0 Å². The van der Waals surface area contributed by atoms with Crippen molar-refractivity contribution in [3.63, 3.8) is 0 Å². The van der Waals surface area contributed by atoms with Gasteiger partial charge >= 0.3 is 0 Å². The Labute approximate surface area is 75.1 Å². The zero-order valence-electron chi connectivity index (χ0n) is 8.05. The van der Waals surface area contributed by atoms with E-state index in [4.69, 9.17) is 5.73 Å². The molecule has 0 aromatic rings. The second-order valence-electron chi connectivity index (χ2n) is 4.53. The van der Waals surface area contributed by atoms with Crippen LogP contribution >= 0.6 is 0 Å². The highest BCUT2D eigenvalue weighted by Crippen LogP contribution is 2.36. The summed E-state index contributed by atoms with van der Waals surface area (Å²) in [6.07, 6.45) is 5.14. The lowest BCUT2D eigenvalue weighted by molar-refractivity contribution is 0.0238. The van der Waals surface area contributed by atoms with Gasteiger partial charge < -0.3 is 10.6 Å². The molecular weight excluding hydrogens is 148 g/mol. The van der Waals surface area contributed by atoms with Crippen LogP contribution in [0.25, 0.3) is 0 Å². The summed E-state index contributed by atoms with van der Waals surface area (Å²) in [4.78, 5) is 2.54. The third-order valence-corrected chi connectivity index (χ3v) is 3.63. The third-order valence-electron chi connectivity index (χ3n) is 3.63. The van der Waals surface area contributed by atoms with Gasteiger partial charge in [-0.1, -0.05) is 13.3 Å². The van der Waals surface area contributed by atoms with Gasteiger partial charge in [0.1, 0.15) is 0 Å². The minimum Gasteiger partial charge on any atom is -0.324 e. The molecule has 3 rings (SSSR count). The molecule has 3 aliphatic rings. The van der Waals surface area contributed by atoms with Gasteiger partial charge in [0.15, 0.2) is 0 Å². The SMILES string of the molecule is CCCC1(N)CN2CCC1CC2. The Hall–Kier alpha value is -0.0800. The highest BCUT2D eigenvalue weighted by molar-refractivity contribution is 5.01. The number of fused-ring (bicyclic) bond motifs is 3. The summed E-state index contributed by atoms with van der Waals surface area (Å²) in [5.41, 5.74) is 6.58. The van der Waals surface area contributed by atoms with E-state index in [1.54, 1.807) is 0 Å². The van der Waals surface area contributed by atoms with Gasteiger partial charge in [0.2, 0.25) is 0 Å². The van der Waals surface area contributed by atoms with Crippen molar-refractivity contribution in [2.45, 2.75) is 38.1 Å². The summed E-state index contributed by atoms with van der Waals surface area (Å²) in [6.45, 7) is 6.00. The van der Waals surface area contributed by atoms with Crippen molar-refractivity contribution < 1.29 is 0 Å². The molecule has 12 heavy (non-hydrogen) atoms. The van der Waals surface area contributed by atoms with Crippen LogP contribution in [0.5, 0.6) is 0 Å². The summed E-state index contributed by atoms with van der Waals surface area (Å²) in [5.74, 6) is 0.822. The first-order valence-corrected chi connectivity index (χ1v) is 5.26. The minimum absolute atomic E-state index is 0.172. The Bertz CT molecular complexity index is 161. The molecule has 1 atom stereocenters. The van der Waals surface area contributed by atoms with Crippen LogP contribution in [-0.4, -0.2) is 30.1 Å². The van der Waals surface area contributed by atoms with Gasteiger partial charge in [-0.05, 0) is 38.3 Å². The molecule has 0 saturated carbocycles. The maximum absolute atomic E-state index is 6.41. The van der Waals surface area contributed by atoms with Crippen molar-refractivity contribution in [2.75, 3.05) is 19.6 Å². The molecule has 70 valence electrons. The van der Waals surface area contributed by atoms with Gasteiger partial charge in [-0.15, -0.1) is 0 Å². The summed E-state index contributed by atoms with van der Waals surface area (Å²) in [6, 6.07) is 0. The smallest absolute Gasteiger partial charge is 0.0312 e. The molecule has 1 unspecified atom stereocenters. The van der Waals surface area contributed by atoms with Crippen LogP contribution in [0.3, 0.4) is 0 Å². The molecule has 0 radical (unpaired) electrons.